The van der Waals surface area contributed by atoms with Crippen molar-refractivity contribution in [2.75, 3.05) is 19.8 Å². The number of halogens is 6. The Morgan fingerprint density at radius 2 is 1.47 bits per heavy atom. The maximum Gasteiger partial charge on any atom is 0.509 e. The van der Waals surface area contributed by atoms with Gasteiger partial charge in [0.25, 0.3) is 5.91 Å². The number of hydrogen-bond donors (Lipinski definition) is 3. The fourth-order valence-electron chi connectivity index (χ4n) is 10.3. The second kappa shape index (κ2) is 21.2. The van der Waals surface area contributed by atoms with Crippen LogP contribution in [0.3, 0.4) is 0 Å². The van der Waals surface area contributed by atoms with Crippen LogP contribution in [0.15, 0.2) is 59.0 Å². The number of Topliss-reactive ketones (excluding diaryl/α,β-unsaturated/α-hetero) is 1. The van der Waals surface area contributed by atoms with E-state index in [1.165, 1.54) is 52.0 Å². The Morgan fingerprint density at radius 1 is 0.875 bits per heavy atom. The van der Waals surface area contributed by atoms with Crippen LogP contribution in [0.2, 0.25) is 0 Å². The summed E-state index contributed by atoms with van der Waals surface area (Å²) in [5.74, 6) is -6.83. The minimum absolute atomic E-state index is 0.0159. The summed E-state index contributed by atoms with van der Waals surface area (Å²) in [6.45, 7) is 9.38. The fourth-order valence-corrected chi connectivity index (χ4v) is 11.3. The molecule has 1 aliphatic heterocycles. The van der Waals surface area contributed by atoms with E-state index in [9.17, 15) is 39.0 Å². The molecular formula is C47H53Cl6NO17S. The maximum absolute atomic E-state index is 16.2. The molecule has 2 aromatic rings. The van der Waals surface area contributed by atoms with Crippen LogP contribution >= 0.6 is 80.9 Å². The van der Waals surface area contributed by atoms with E-state index < -0.39 is 158 Å². The molecule has 72 heavy (non-hydrogen) atoms. The van der Waals surface area contributed by atoms with Crippen molar-refractivity contribution in [1.82, 2.24) is 5.32 Å². The third-order valence-corrected chi connectivity index (χ3v) is 15.3. The highest BCUT2D eigenvalue weighted by atomic mass is 35.6. The van der Waals surface area contributed by atoms with Crippen molar-refractivity contribution in [2.24, 2.45) is 22.2 Å². The standard InChI is InChI=1S/C47H53Cl6NO17S/c1-22-25(67-38(60)30(56)33(41(3,4)5)54-36(58)26-15-12-16-72-26)18-45(63)35(70-37(59)24-13-10-9-11-14-24)32-43(8,34(57)31(29(22)42(45,6)7)69-40(62)66-21-47(51,52)53)27(68-39(61)65-20-46(48,49)50)17-28-44(32,19-64-28)71-23(2)55/h9-16,25,27-28,30-33,35,56,63H,17-21H2,1-8H3,(H,54,58)/t25-,27-,28+,30+,31+,32-,33+,35-,43+,44-,45+/m0/s1. The molecule has 11 atom stereocenters. The first-order valence-corrected chi connectivity index (χ1v) is 25.4. The predicted octanol–water partition coefficient (Wildman–Crippen LogP) is 7.96. The first-order chi connectivity index (χ1) is 33.2. The second-order valence-electron chi connectivity index (χ2n) is 19.8. The molecule has 0 unspecified atom stereocenters. The van der Waals surface area contributed by atoms with Gasteiger partial charge in [-0.15, -0.1) is 11.3 Å². The van der Waals surface area contributed by atoms with Crippen molar-refractivity contribution in [2.45, 2.75) is 130 Å². The van der Waals surface area contributed by atoms with E-state index in [4.69, 9.17) is 108 Å². The van der Waals surface area contributed by atoms with Gasteiger partial charge in [-0.05, 0) is 54.0 Å². The average molecular weight is 1150 g/mol. The molecule has 3 aliphatic carbocycles. The highest BCUT2D eigenvalue weighted by Gasteiger charge is 2.79. The van der Waals surface area contributed by atoms with Crippen molar-refractivity contribution in [1.29, 1.82) is 0 Å². The summed E-state index contributed by atoms with van der Waals surface area (Å²) in [5, 5.41) is 30.2. The molecule has 0 spiro atoms. The van der Waals surface area contributed by atoms with Gasteiger partial charge in [0.05, 0.1) is 34.4 Å². The van der Waals surface area contributed by atoms with E-state index in [1.54, 1.807) is 44.4 Å². The van der Waals surface area contributed by atoms with Crippen molar-refractivity contribution in [3.05, 3.63) is 69.4 Å². The Labute approximate surface area is 448 Å². The molecule has 2 bridgehead atoms. The van der Waals surface area contributed by atoms with Crippen LogP contribution in [-0.4, -0.2) is 133 Å². The molecule has 2 saturated carbocycles. The lowest BCUT2D eigenvalue weighted by Gasteiger charge is -2.67. The fraction of sp³-hybridized carbons (Fsp3) is 0.596. The van der Waals surface area contributed by atoms with Crippen molar-refractivity contribution < 1.29 is 81.7 Å². The van der Waals surface area contributed by atoms with E-state index >= 15 is 4.79 Å². The molecular weight excluding hydrogens is 1100 g/mol. The van der Waals surface area contributed by atoms with Gasteiger partial charge in [0.15, 0.2) is 23.6 Å². The number of carbonyl (C=O) groups excluding carboxylic acids is 7. The summed E-state index contributed by atoms with van der Waals surface area (Å²) in [5.41, 5.74) is -10.2. The second-order valence-corrected chi connectivity index (χ2v) is 25.8. The number of carbonyl (C=O) groups is 7. The van der Waals surface area contributed by atoms with Gasteiger partial charge in [-0.3, -0.25) is 14.4 Å². The van der Waals surface area contributed by atoms with Crippen molar-refractivity contribution in [3.63, 3.8) is 0 Å². The first kappa shape index (κ1) is 57.6. The van der Waals surface area contributed by atoms with Gasteiger partial charge in [-0.25, -0.2) is 19.2 Å². The molecule has 1 aromatic heterocycles. The predicted molar refractivity (Wildman–Crippen MR) is 261 cm³/mol. The molecule has 1 aromatic carbocycles. The first-order valence-electron chi connectivity index (χ1n) is 22.3. The van der Waals surface area contributed by atoms with E-state index in [-0.39, 0.29) is 21.6 Å². The summed E-state index contributed by atoms with van der Waals surface area (Å²) >= 11 is 36.5. The number of nitrogens with one attached hydrogen (secondary N) is 1. The molecule has 18 nitrogen and oxygen atoms in total. The normalized spacial score (nSPS) is 29.8. The number of ether oxygens (including phenoxy) is 8. The van der Waals surface area contributed by atoms with Crippen LogP contribution in [0.1, 0.15) is 88.3 Å². The summed E-state index contributed by atoms with van der Waals surface area (Å²) in [4.78, 5) is 99.6. The minimum Gasteiger partial charge on any atom is -0.456 e. The molecule has 1 saturated heterocycles. The Bertz CT molecular complexity index is 2460. The zero-order valence-corrected chi connectivity index (χ0v) is 45.3. The SMILES string of the molecule is CC(=O)O[C@@]12CO[C@@H]1C[C@H](OC(=O)OCC(Cl)(Cl)Cl)[C@@]1(C)C(=O)[C@H](OC(=O)OCC(Cl)(Cl)Cl)C3=C(C)[C@@H](OC(=O)[C@H](O)[C@@H](NC(=O)c4cccs4)C(C)(C)C)C[C@@](O)([C@@H](OC(=O)c4ccccc4)[C@H]21)C3(C)C. The number of thiophene rings is 1. The zero-order chi connectivity index (χ0) is 53.7. The van der Waals surface area contributed by atoms with Crippen LogP contribution in [-0.2, 0) is 52.3 Å². The Balaban J connectivity index is 1.61. The largest absolute Gasteiger partial charge is 0.509 e. The summed E-state index contributed by atoms with van der Waals surface area (Å²) < 4.78 is 42.4. The third-order valence-electron chi connectivity index (χ3n) is 13.8. The highest BCUT2D eigenvalue weighted by Crippen LogP contribution is 2.65. The summed E-state index contributed by atoms with van der Waals surface area (Å²) in [6, 6.07) is 9.43. The van der Waals surface area contributed by atoms with Crippen LogP contribution < -0.4 is 5.32 Å². The molecule has 1 amide bonds. The van der Waals surface area contributed by atoms with Crippen molar-refractivity contribution in [3.8, 4) is 0 Å². The molecule has 6 rings (SSSR count). The van der Waals surface area contributed by atoms with Gasteiger partial charge < -0.3 is 53.4 Å². The number of alkyl halides is 6. The van der Waals surface area contributed by atoms with Gasteiger partial charge in [-0.1, -0.05) is 128 Å². The van der Waals surface area contributed by atoms with E-state index in [2.05, 4.69) is 5.32 Å². The molecule has 3 N–H and O–H groups in total. The van der Waals surface area contributed by atoms with E-state index in [0.29, 0.717) is 0 Å². The van der Waals surface area contributed by atoms with Gasteiger partial charge in [-0.2, -0.15) is 0 Å². The van der Waals surface area contributed by atoms with E-state index in [0.717, 1.165) is 18.3 Å². The number of aliphatic hydroxyl groups is 2. The average Bonchev–Trinajstić information content (AvgIpc) is 3.82. The molecule has 3 fully saturated rings. The van der Waals surface area contributed by atoms with Crippen LogP contribution in [0, 0.1) is 22.2 Å². The lowest BCUT2D eigenvalue weighted by molar-refractivity contribution is -0.346. The number of amides is 1. The number of hydrogen-bond acceptors (Lipinski definition) is 18. The Kier molecular flexibility index (Phi) is 17.0. The monoisotopic (exact) mass is 1150 g/mol. The topological polar surface area (TPSA) is 246 Å². The van der Waals surface area contributed by atoms with Crippen LogP contribution in [0.5, 0.6) is 0 Å². The lowest BCUT2D eigenvalue weighted by atomic mass is 9.44. The molecule has 0 radical (unpaired) electrons. The molecule has 2 heterocycles. The van der Waals surface area contributed by atoms with Crippen molar-refractivity contribution >= 4 is 123 Å². The number of benzene rings is 1. The van der Waals surface area contributed by atoms with Gasteiger partial charge >= 0.3 is 30.2 Å². The van der Waals surface area contributed by atoms with Gasteiger partial charge in [0, 0.05) is 25.2 Å². The summed E-state index contributed by atoms with van der Waals surface area (Å²) in [7, 11) is 0. The highest BCUT2D eigenvalue weighted by molar-refractivity contribution is 7.12. The third kappa shape index (κ3) is 11.6. The maximum atomic E-state index is 16.2. The summed E-state index contributed by atoms with van der Waals surface area (Å²) in [6.07, 6.45) is -15.2. The molecule has 396 valence electrons. The molecule has 4 aliphatic rings. The van der Waals surface area contributed by atoms with Crippen LogP contribution in [0.25, 0.3) is 0 Å². The van der Waals surface area contributed by atoms with Gasteiger partial charge in [0.1, 0.15) is 43.2 Å². The van der Waals surface area contributed by atoms with Gasteiger partial charge in [0.2, 0.25) is 7.59 Å². The molecule has 25 heteroatoms. The number of aliphatic hydroxyl groups excluding tert-OH is 1. The number of ketones is 1. The van der Waals surface area contributed by atoms with Crippen LogP contribution in [0.4, 0.5) is 9.59 Å². The Hall–Kier alpha value is -3.63. The number of esters is 3. The number of rotatable bonds is 12. The zero-order valence-electron chi connectivity index (χ0n) is 40.0. The smallest absolute Gasteiger partial charge is 0.456 e. The quantitative estimate of drug-likeness (QED) is 0.0789. The minimum atomic E-state index is -2.63. The number of fused-ring (bicyclic) bond motifs is 5. The lowest BCUT2D eigenvalue weighted by Crippen LogP contribution is -2.82. The van der Waals surface area contributed by atoms with E-state index in [1.807, 2.05) is 0 Å². The Morgan fingerprint density at radius 3 is 1.99 bits per heavy atom.